The number of rotatable bonds is 3. The van der Waals surface area contributed by atoms with Gasteiger partial charge in [-0.3, -0.25) is 0 Å². The van der Waals surface area contributed by atoms with Gasteiger partial charge in [-0.1, -0.05) is 25.5 Å². The van der Waals surface area contributed by atoms with E-state index < -0.39 is 0 Å². The van der Waals surface area contributed by atoms with Crippen LogP contribution >= 0.6 is 0 Å². The molecule has 0 aromatic carbocycles. The van der Waals surface area contributed by atoms with Crippen molar-refractivity contribution in [3.05, 3.63) is 12.2 Å². The van der Waals surface area contributed by atoms with Crippen molar-refractivity contribution in [3.8, 4) is 6.07 Å². The predicted octanol–water partition coefficient (Wildman–Crippen LogP) is 2.27. The molecular weight excluding hydrogens is 162 g/mol. The van der Waals surface area contributed by atoms with E-state index in [0.29, 0.717) is 30.5 Å². The lowest BCUT2D eigenvalue weighted by Gasteiger charge is -2.22. The van der Waals surface area contributed by atoms with Crippen LogP contribution in [0, 0.1) is 23.2 Å². The molecule has 0 radical (unpaired) electrons. The quantitative estimate of drug-likeness (QED) is 0.619. The highest BCUT2D eigenvalue weighted by molar-refractivity contribution is 5.14. The highest BCUT2D eigenvalue weighted by atomic mass is 16.5. The Morgan fingerprint density at radius 1 is 1.31 bits per heavy atom. The first-order chi connectivity index (χ1) is 6.36. The zero-order valence-electron chi connectivity index (χ0n) is 7.94. The minimum absolute atomic E-state index is 0.309. The second-order valence-corrected chi connectivity index (χ2v) is 3.88. The van der Waals surface area contributed by atoms with E-state index in [4.69, 9.17) is 10.00 Å². The molecule has 0 N–H and O–H groups in total. The highest BCUT2D eigenvalue weighted by Gasteiger charge is 2.43. The van der Waals surface area contributed by atoms with Crippen LogP contribution in [0.3, 0.4) is 0 Å². The maximum Gasteiger partial charge on any atom is 0.0797 e. The summed E-state index contributed by atoms with van der Waals surface area (Å²) in [5, 5.41) is 8.55. The van der Waals surface area contributed by atoms with Crippen molar-refractivity contribution in [2.24, 2.45) is 11.8 Å². The summed E-state index contributed by atoms with van der Waals surface area (Å²) >= 11 is 0. The summed E-state index contributed by atoms with van der Waals surface area (Å²) < 4.78 is 5.76. The average Bonchev–Trinajstić information content (AvgIpc) is 2.73. The first kappa shape index (κ1) is 8.77. The van der Waals surface area contributed by atoms with Crippen molar-refractivity contribution in [3.63, 3.8) is 0 Å². The van der Waals surface area contributed by atoms with Gasteiger partial charge in [-0.2, -0.15) is 5.26 Å². The van der Waals surface area contributed by atoms with Crippen molar-refractivity contribution in [2.45, 2.75) is 38.4 Å². The van der Waals surface area contributed by atoms with Crippen LogP contribution in [0.5, 0.6) is 0 Å². The summed E-state index contributed by atoms with van der Waals surface area (Å²) in [7, 11) is 0. The number of nitriles is 1. The van der Waals surface area contributed by atoms with Gasteiger partial charge >= 0.3 is 0 Å². The first-order valence-corrected chi connectivity index (χ1v) is 5.07. The molecule has 0 aliphatic carbocycles. The molecule has 4 atom stereocenters. The molecule has 1 fully saturated rings. The lowest BCUT2D eigenvalue weighted by molar-refractivity contribution is 0.102. The second-order valence-electron chi connectivity index (χ2n) is 3.88. The van der Waals surface area contributed by atoms with Gasteiger partial charge < -0.3 is 4.74 Å². The predicted molar refractivity (Wildman–Crippen MR) is 49.9 cm³/mol. The molecule has 2 heterocycles. The Kier molecular flexibility index (Phi) is 2.37. The second kappa shape index (κ2) is 3.51. The Bertz CT molecular complexity index is 253. The fourth-order valence-corrected chi connectivity index (χ4v) is 2.61. The third-order valence-corrected chi connectivity index (χ3v) is 3.26. The maximum atomic E-state index is 8.55. The monoisotopic (exact) mass is 177 g/mol. The van der Waals surface area contributed by atoms with Crippen LogP contribution < -0.4 is 0 Å². The Morgan fingerprint density at radius 3 is 2.62 bits per heavy atom. The topological polar surface area (TPSA) is 33.0 Å². The molecule has 2 aliphatic heterocycles. The van der Waals surface area contributed by atoms with Crippen molar-refractivity contribution >= 4 is 0 Å². The van der Waals surface area contributed by atoms with E-state index in [1.807, 2.05) is 0 Å². The average molecular weight is 177 g/mol. The van der Waals surface area contributed by atoms with Gasteiger partial charge in [-0.15, -0.1) is 0 Å². The van der Waals surface area contributed by atoms with E-state index in [2.05, 4.69) is 25.1 Å². The Morgan fingerprint density at radius 2 is 2.00 bits per heavy atom. The van der Waals surface area contributed by atoms with Crippen molar-refractivity contribution in [1.82, 2.24) is 0 Å². The standard InChI is InChI=1S/C11H15NO/c1-2-8-9(4-3-7-12)11-6-5-10(8)13-11/h5-6,8-11H,2-4H2,1H3. The fourth-order valence-electron chi connectivity index (χ4n) is 2.61. The van der Waals surface area contributed by atoms with E-state index in [1.165, 1.54) is 6.42 Å². The molecule has 70 valence electrons. The van der Waals surface area contributed by atoms with E-state index in [1.54, 1.807) is 0 Å². The molecule has 2 nitrogen and oxygen atoms in total. The van der Waals surface area contributed by atoms with Crippen LogP contribution in [0.2, 0.25) is 0 Å². The minimum Gasteiger partial charge on any atom is -0.366 e. The minimum atomic E-state index is 0.309. The van der Waals surface area contributed by atoms with Gasteiger partial charge in [0.05, 0.1) is 18.3 Å². The Hall–Kier alpha value is -0.810. The van der Waals surface area contributed by atoms with E-state index in [-0.39, 0.29) is 0 Å². The van der Waals surface area contributed by atoms with Crippen LogP contribution in [0.1, 0.15) is 26.2 Å². The summed E-state index contributed by atoms with van der Waals surface area (Å²) in [4.78, 5) is 0. The molecular formula is C11H15NO. The molecule has 0 aromatic heterocycles. The zero-order valence-corrected chi connectivity index (χ0v) is 7.94. The summed E-state index contributed by atoms with van der Waals surface area (Å²) in [5.41, 5.74) is 0. The maximum absolute atomic E-state index is 8.55. The molecule has 0 saturated carbocycles. The van der Waals surface area contributed by atoms with Gasteiger partial charge in [0.2, 0.25) is 0 Å². The van der Waals surface area contributed by atoms with Crippen molar-refractivity contribution < 1.29 is 4.74 Å². The van der Waals surface area contributed by atoms with Crippen LogP contribution in [0.4, 0.5) is 0 Å². The number of ether oxygens (including phenoxy) is 1. The molecule has 0 amide bonds. The lowest BCUT2D eigenvalue weighted by Crippen LogP contribution is -2.23. The smallest absolute Gasteiger partial charge is 0.0797 e. The third-order valence-electron chi connectivity index (χ3n) is 3.26. The van der Waals surface area contributed by atoms with E-state index in [0.717, 1.165) is 6.42 Å². The van der Waals surface area contributed by atoms with E-state index in [9.17, 15) is 0 Å². The van der Waals surface area contributed by atoms with Crippen LogP contribution in [0.25, 0.3) is 0 Å². The number of hydrogen-bond donors (Lipinski definition) is 0. The number of nitrogens with zero attached hydrogens (tertiary/aromatic N) is 1. The SMILES string of the molecule is CCC1C2C=CC(O2)C1CCC#N. The molecule has 13 heavy (non-hydrogen) atoms. The fraction of sp³-hybridized carbons (Fsp3) is 0.727. The highest BCUT2D eigenvalue weighted by Crippen LogP contribution is 2.42. The number of fused-ring (bicyclic) bond motifs is 2. The van der Waals surface area contributed by atoms with Crippen LogP contribution in [-0.4, -0.2) is 12.2 Å². The Balaban J connectivity index is 2.02. The molecule has 0 spiro atoms. The van der Waals surface area contributed by atoms with Gasteiger partial charge in [-0.05, 0) is 18.3 Å². The van der Waals surface area contributed by atoms with Gasteiger partial charge in [0, 0.05) is 6.42 Å². The van der Waals surface area contributed by atoms with E-state index >= 15 is 0 Å². The van der Waals surface area contributed by atoms with Crippen molar-refractivity contribution in [1.29, 1.82) is 5.26 Å². The number of hydrogen-bond acceptors (Lipinski definition) is 2. The van der Waals surface area contributed by atoms with Gasteiger partial charge in [-0.25, -0.2) is 0 Å². The van der Waals surface area contributed by atoms with Crippen LogP contribution in [-0.2, 0) is 4.74 Å². The van der Waals surface area contributed by atoms with Gasteiger partial charge in [0.1, 0.15) is 0 Å². The molecule has 2 heteroatoms. The van der Waals surface area contributed by atoms with Gasteiger partial charge in [0.25, 0.3) is 0 Å². The Labute approximate surface area is 79.2 Å². The van der Waals surface area contributed by atoms with Gasteiger partial charge in [0.15, 0.2) is 0 Å². The zero-order chi connectivity index (χ0) is 9.26. The lowest BCUT2D eigenvalue weighted by atomic mass is 9.79. The molecule has 2 bridgehead atoms. The summed E-state index contributed by atoms with van der Waals surface area (Å²) in [6, 6.07) is 2.22. The molecule has 4 unspecified atom stereocenters. The van der Waals surface area contributed by atoms with Crippen molar-refractivity contribution in [2.75, 3.05) is 0 Å². The normalized spacial score (nSPS) is 40.9. The summed E-state index contributed by atoms with van der Waals surface area (Å²) in [6.07, 6.45) is 7.84. The summed E-state index contributed by atoms with van der Waals surface area (Å²) in [5.74, 6) is 1.25. The molecule has 1 saturated heterocycles. The molecule has 2 rings (SSSR count). The molecule has 2 aliphatic rings. The largest absolute Gasteiger partial charge is 0.366 e. The summed E-state index contributed by atoms with van der Waals surface area (Å²) in [6.45, 7) is 2.21. The first-order valence-electron chi connectivity index (χ1n) is 5.07. The molecule has 0 aromatic rings. The van der Waals surface area contributed by atoms with Crippen LogP contribution in [0.15, 0.2) is 12.2 Å². The third kappa shape index (κ3) is 1.38.